The van der Waals surface area contributed by atoms with Gasteiger partial charge in [-0.3, -0.25) is 5.43 Å². The monoisotopic (exact) mass is 344 g/mol. The van der Waals surface area contributed by atoms with E-state index in [1.165, 1.54) is 6.42 Å². The summed E-state index contributed by atoms with van der Waals surface area (Å²) in [6, 6.07) is 9.39. The number of carbonyl (C=O) groups is 1. The fourth-order valence-electron chi connectivity index (χ4n) is 3.12. The lowest BCUT2D eigenvalue weighted by molar-refractivity contribution is -0.135. The van der Waals surface area contributed by atoms with Gasteiger partial charge in [0.15, 0.2) is 0 Å². The maximum absolute atomic E-state index is 12.2. The molecule has 0 saturated heterocycles. The van der Waals surface area contributed by atoms with Crippen molar-refractivity contribution in [3.8, 4) is 0 Å². The molecule has 2 N–H and O–H groups in total. The number of hydrazone groups is 1. The van der Waals surface area contributed by atoms with Crippen LogP contribution in [0, 0.1) is 5.92 Å². The van der Waals surface area contributed by atoms with Crippen molar-refractivity contribution in [1.29, 1.82) is 0 Å². The molecule has 136 valence electrons. The predicted molar refractivity (Wildman–Crippen MR) is 100 cm³/mol. The first-order chi connectivity index (χ1) is 12.1. The molecule has 1 aliphatic rings. The number of para-hydroxylation sites is 1. The normalized spacial score (nSPS) is 17.0. The summed E-state index contributed by atoms with van der Waals surface area (Å²) in [6.07, 6.45) is 5.13. The summed E-state index contributed by atoms with van der Waals surface area (Å²) in [5, 5.41) is 14.8. The van der Waals surface area contributed by atoms with Crippen LogP contribution in [0.15, 0.2) is 47.6 Å². The zero-order valence-electron chi connectivity index (χ0n) is 14.9. The van der Waals surface area contributed by atoms with E-state index in [1.807, 2.05) is 30.3 Å². The Morgan fingerprint density at radius 2 is 2.00 bits per heavy atom. The summed E-state index contributed by atoms with van der Waals surface area (Å²) in [7, 11) is 0. The maximum Gasteiger partial charge on any atom is 0.354 e. The molecule has 1 saturated carbocycles. The van der Waals surface area contributed by atoms with Crippen LogP contribution in [0.4, 0.5) is 5.69 Å². The Hall–Kier alpha value is -2.14. The van der Waals surface area contributed by atoms with E-state index >= 15 is 0 Å². The third-order valence-corrected chi connectivity index (χ3v) is 4.51. The van der Waals surface area contributed by atoms with Crippen LogP contribution in [0.5, 0.6) is 0 Å². The van der Waals surface area contributed by atoms with Crippen LogP contribution in [0.25, 0.3) is 0 Å². The summed E-state index contributed by atoms with van der Waals surface area (Å²) in [5.41, 5.74) is 4.50. The molecule has 0 amide bonds. The number of carbonyl (C=O) groups excluding carboxylic acids is 1. The molecule has 1 atom stereocenters. The molecule has 1 unspecified atom stereocenters. The Bertz CT molecular complexity index is 592. The first-order valence-electron chi connectivity index (χ1n) is 9.02. The van der Waals surface area contributed by atoms with Gasteiger partial charge in [0.05, 0.1) is 18.4 Å². The van der Waals surface area contributed by atoms with E-state index in [4.69, 9.17) is 4.74 Å². The van der Waals surface area contributed by atoms with Crippen molar-refractivity contribution in [1.82, 2.24) is 0 Å². The highest BCUT2D eigenvalue weighted by Crippen LogP contribution is 2.30. The Balaban J connectivity index is 2.04. The van der Waals surface area contributed by atoms with E-state index in [1.54, 1.807) is 6.92 Å². The SMILES string of the molecule is C=C(C/C(=N\Nc1ccccc1)C(=O)OCC)C(O)C1CCCCC1. The van der Waals surface area contributed by atoms with Crippen LogP contribution >= 0.6 is 0 Å². The fourth-order valence-corrected chi connectivity index (χ4v) is 3.12. The number of esters is 1. The van der Waals surface area contributed by atoms with Gasteiger partial charge in [-0.2, -0.15) is 5.10 Å². The molecular weight excluding hydrogens is 316 g/mol. The lowest BCUT2D eigenvalue weighted by Gasteiger charge is -2.28. The van der Waals surface area contributed by atoms with Gasteiger partial charge in [0, 0.05) is 6.42 Å². The summed E-state index contributed by atoms with van der Waals surface area (Å²) in [6.45, 7) is 6.04. The number of aliphatic hydroxyl groups excluding tert-OH is 1. The molecule has 5 nitrogen and oxygen atoms in total. The molecule has 0 bridgehead atoms. The number of nitrogens with zero attached hydrogens (tertiary/aromatic N) is 1. The molecule has 1 fully saturated rings. The Morgan fingerprint density at radius 3 is 2.64 bits per heavy atom. The number of nitrogens with one attached hydrogen (secondary N) is 1. The number of ether oxygens (including phenoxy) is 1. The molecule has 5 heteroatoms. The van der Waals surface area contributed by atoms with E-state index in [-0.39, 0.29) is 24.7 Å². The van der Waals surface area contributed by atoms with Gasteiger partial charge in [0.1, 0.15) is 5.71 Å². The predicted octanol–water partition coefficient (Wildman–Crippen LogP) is 3.91. The minimum absolute atomic E-state index is 0.205. The maximum atomic E-state index is 12.2. The van der Waals surface area contributed by atoms with Gasteiger partial charge >= 0.3 is 5.97 Å². The molecule has 25 heavy (non-hydrogen) atoms. The number of rotatable bonds is 8. The van der Waals surface area contributed by atoms with E-state index in [2.05, 4.69) is 17.1 Å². The van der Waals surface area contributed by atoms with Crippen molar-refractivity contribution in [2.75, 3.05) is 12.0 Å². The van der Waals surface area contributed by atoms with Gasteiger partial charge < -0.3 is 9.84 Å². The van der Waals surface area contributed by atoms with E-state index in [9.17, 15) is 9.90 Å². The second-order valence-electron chi connectivity index (χ2n) is 6.43. The Kier molecular flexibility index (Phi) is 7.67. The van der Waals surface area contributed by atoms with E-state index < -0.39 is 12.1 Å². The van der Waals surface area contributed by atoms with Crippen molar-refractivity contribution < 1.29 is 14.6 Å². The standard InChI is InChI=1S/C20H28N2O3/c1-3-25-20(24)18(22-21-17-12-8-5-9-13-17)14-15(2)19(23)16-10-6-4-7-11-16/h5,8-9,12-13,16,19,21,23H,2-4,6-7,10-11,14H2,1H3/b22-18+. The number of anilines is 1. The second-order valence-corrected chi connectivity index (χ2v) is 6.43. The summed E-state index contributed by atoms with van der Waals surface area (Å²) >= 11 is 0. The zero-order valence-corrected chi connectivity index (χ0v) is 14.9. The van der Waals surface area contributed by atoms with Crippen molar-refractivity contribution in [3.63, 3.8) is 0 Å². The largest absolute Gasteiger partial charge is 0.461 e. The summed E-state index contributed by atoms with van der Waals surface area (Å²) in [5.74, 6) is -0.255. The van der Waals surface area contributed by atoms with Crippen molar-refractivity contribution >= 4 is 17.4 Å². The third kappa shape index (κ3) is 6.02. The van der Waals surface area contributed by atoms with Gasteiger partial charge in [-0.25, -0.2) is 4.79 Å². The average molecular weight is 344 g/mol. The molecule has 1 aliphatic carbocycles. The number of benzene rings is 1. The van der Waals surface area contributed by atoms with Crippen molar-refractivity contribution in [2.24, 2.45) is 11.0 Å². The minimum atomic E-state index is -0.600. The lowest BCUT2D eigenvalue weighted by atomic mass is 9.82. The van der Waals surface area contributed by atoms with Crippen LogP contribution in [0.2, 0.25) is 0 Å². The Labute approximate surface area is 149 Å². The number of hydrogen-bond donors (Lipinski definition) is 2. The third-order valence-electron chi connectivity index (χ3n) is 4.51. The van der Waals surface area contributed by atoms with Crippen LogP contribution in [0.3, 0.4) is 0 Å². The summed E-state index contributed by atoms with van der Waals surface area (Å²) < 4.78 is 5.09. The zero-order chi connectivity index (χ0) is 18.1. The van der Waals surface area contributed by atoms with E-state index in [0.29, 0.717) is 5.57 Å². The molecule has 2 rings (SSSR count). The van der Waals surface area contributed by atoms with Crippen molar-refractivity contribution in [2.45, 2.75) is 51.6 Å². The first-order valence-corrected chi connectivity index (χ1v) is 9.02. The van der Waals surface area contributed by atoms with Crippen molar-refractivity contribution in [3.05, 3.63) is 42.5 Å². The van der Waals surface area contributed by atoms with Crippen LogP contribution < -0.4 is 5.43 Å². The molecule has 0 radical (unpaired) electrons. The highest BCUT2D eigenvalue weighted by molar-refractivity contribution is 6.37. The second kappa shape index (κ2) is 9.99. The highest BCUT2D eigenvalue weighted by Gasteiger charge is 2.26. The average Bonchev–Trinajstić information content (AvgIpc) is 2.66. The topological polar surface area (TPSA) is 70.9 Å². The quantitative estimate of drug-likeness (QED) is 0.325. The van der Waals surface area contributed by atoms with Crippen LogP contribution in [-0.2, 0) is 9.53 Å². The molecule has 0 aromatic heterocycles. The van der Waals surface area contributed by atoms with Gasteiger partial charge in [-0.05, 0) is 43.4 Å². The molecule has 1 aromatic carbocycles. The van der Waals surface area contributed by atoms with Gasteiger partial charge in [-0.15, -0.1) is 0 Å². The highest BCUT2D eigenvalue weighted by atomic mass is 16.5. The molecular formula is C20H28N2O3. The van der Waals surface area contributed by atoms with Gasteiger partial charge in [0.2, 0.25) is 0 Å². The lowest BCUT2D eigenvalue weighted by Crippen LogP contribution is -2.28. The molecule has 0 aliphatic heterocycles. The minimum Gasteiger partial charge on any atom is -0.461 e. The van der Waals surface area contributed by atoms with Gasteiger partial charge in [-0.1, -0.05) is 44.0 Å². The molecule has 0 spiro atoms. The number of aliphatic hydroxyl groups is 1. The first kappa shape index (κ1) is 19.2. The fraction of sp³-hybridized carbons (Fsp3) is 0.500. The van der Waals surface area contributed by atoms with Gasteiger partial charge in [0.25, 0.3) is 0 Å². The molecule has 0 heterocycles. The smallest absolute Gasteiger partial charge is 0.354 e. The Morgan fingerprint density at radius 1 is 1.32 bits per heavy atom. The van der Waals surface area contributed by atoms with E-state index in [0.717, 1.165) is 31.4 Å². The van der Waals surface area contributed by atoms with Crippen LogP contribution in [-0.4, -0.2) is 29.5 Å². The summed E-state index contributed by atoms with van der Waals surface area (Å²) in [4.78, 5) is 12.2. The number of hydrogen-bond acceptors (Lipinski definition) is 5. The molecule has 1 aromatic rings. The van der Waals surface area contributed by atoms with Crippen LogP contribution in [0.1, 0.15) is 45.4 Å².